The molecule has 162 valence electrons. The molecule has 1 aliphatic heterocycles. The highest BCUT2D eigenvalue weighted by molar-refractivity contribution is 5.78. The molecule has 29 heavy (non-hydrogen) atoms. The quantitative estimate of drug-likeness (QED) is 0.611. The first-order chi connectivity index (χ1) is 14.2. The predicted molar refractivity (Wildman–Crippen MR) is 119 cm³/mol. The fraction of sp³-hybridized carbons (Fsp3) is 0.708. The van der Waals surface area contributed by atoms with E-state index in [0.29, 0.717) is 12.6 Å². The Hall–Kier alpha value is -1.59. The SMILES string of the molecule is CCCN(CCCCN1CCCNCC1=O)C1CCc2ccc(OCC)cc2C1. The summed E-state index contributed by atoms with van der Waals surface area (Å²) < 4.78 is 5.72. The number of rotatable bonds is 10. The Morgan fingerprint density at radius 1 is 1.21 bits per heavy atom. The zero-order chi connectivity index (χ0) is 20.5. The van der Waals surface area contributed by atoms with E-state index >= 15 is 0 Å². The summed E-state index contributed by atoms with van der Waals surface area (Å²) in [5.74, 6) is 1.27. The monoisotopic (exact) mass is 401 g/mol. The van der Waals surface area contributed by atoms with E-state index in [4.69, 9.17) is 4.74 Å². The van der Waals surface area contributed by atoms with E-state index in [1.807, 2.05) is 6.92 Å². The number of nitrogens with one attached hydrogen (secondary N) is 1. The molecule has 5 nitrogen and oxygen atoms in total. The van der Waals surface area contributed by atoms with Crippen molar-refractivity contribution in [2.75, 3.05) is 45.9 Å². The smallest absolute Gasteiger partial charge is 0.236 e. The van der Waals surface area contributed by atoms with Crippen molar-refractivity contribution in [1.82, 2.24) is 15.1 Å². The maximum atomic E-state index is 12.1. The topological polar surface area (TPSA) is 44.8 Å². The molecule has 1 amide bonds. The normalized spacial score (nSPS) is 19.9. The maximum absolute atomic E-state index is 12.1. The van der Waals surface area contributed by atoms with Gasteiger partial charge in [-0.3, -0.25) is 4.79 Å². The molecule has 1 unspecified atom stereocenters. The van der Waals surface area contributed by atoms with Gasteiger partial charge in [-0.25, -0.2) is 0 Å². The molecule has 1 aliphatic carbocycles. The van der Waals surface area contributed by atoms with Crippen LogP contribution < -0.4 is 10.1 Å². The zero-order valence-corrected chi connectivity index (χ0v) is 18.4. The van der Waals surface area contributed by atoms with Crippen LogP contribution in [0.5, 0.6) is 5.75 Å². The highest BCUT2D eigenvalue weighted by Gasteiger charge is 2.24. The van der Waals surface area contributed by atoms with Crippen LogP contribution in [0.25, 0.3) is 0 Å². The van der Waals surface area contributed by atoms with Crippen molar-refractivity contribution in [3.05, 3.63) is 29.3 Å². The molecule has 1 aromatic carbocycles. The number of hydrogen-bond donors (Lipinski definition) is 1. The summed E-state index contributed by atoms with van der Waals surface area (Å²) in [6, 6.07) is 7.26. The lowest BCUT2D eigenvalue weighted by Crippen LogP contribution is -2.41. The van der Waals surface area contributed by atoms with Gasteiger partial charge >= 0.3 is 0 Å². The highest BCUT2D eigenvalue weighted by Crippen LogP contribution is 2.28. The van der Waals surface area contributed by atoms with Gasteiger partial charge in [-0.05, 0) is 94.8 Å². The average molecular weight is 402 g/mol. The van der Waals surface area contributed by atoms with Crippen molar-refractivity contribution in [3.8, 4) is 5.75 Å². The third kappa shape index (κ3) is 6.45. The highest BCUT2D eigenvalue weighted by atomic mass is 16.5. The van der Waals surface area contributed by atoms with Crippen molar-refractivity contribution in [2.45, 2.75) is 64.8 Å². The molecule has 2 aliphatic rings. The summed E-state index contributed by atoms with van der Waals surface area (Å²) in [6.07, 6.45) is 8.08. The molecule has 3 rings (SSSR count). The van der Waals surface area contributed by atoms with Gasteiger partial charge in [0.15, 0.2) is 0 Å². The molecule has 0 aromatic heterocycles. The minimum absolute atomic E-state index is 0.266. The van der Waals surface area contributed by atoms with E-state index < -0.39 is 0 Å². The van der Waals surface area contributed by atoms with Gasteiger partial charge in [0.1, 0.15) is 5.75 Å². The van der Waals surface area contributed by atoms with Gasteiger partial charge in [0.2, 0.25) is 5.91 Å². The number of fused-ring (bicyclic) bond motifs is 1. The molecule has 0 bridgehead atoms. The van der Waals surface area contributed by atoms with Gasteiger partial charge in [0.05, 0.1) is 13.2 Å². The van der Waals surface area contributed by atoms with Crippen molar-refractivity contribution >= 4 is 5.91 Å². The van der Waals surface area contributed by atoms with Gasteiger partial charge in [0.25, 0.3) is 0 Å². The van der Waals surface area contributed by atoms with Crippen LogP contribution in [-0.2, 0) is 17.6 Å². The van der Waals surface area contributed by atoms with Crippen LogP contribution in [0.3, 0.4) is 0 Å². The molecule has 1 N–H and O–H groups in total. The second kappa shape index (κ2) is 11.6. The van der Waals surface area contributed by atoms with Gasteiger partial charge < -0.3 is 19.9 Å². The Labute approximate surface area is 176 Å². The van der Waals surface area contributed by atoms with Crippen LogP contribution in [0, 0.1) is 0 Å². The molecule has 0 radical (unpaired) electrons. The molecule has 0 saturated carbocycles. The van der Waals surface area contributed by atoms with E-state index in [1.54, 1.807) is 0 Å². The van der Waals surface area contributed by atoms with Crippen LogP contribution in [-0.4, -0.2) is 67.6 Å². The van der Waals surface area contributed by atoms with E-state index in [1.165, 1.54) is 36.8 Å². The molecule has 1 saturated heterocycles. The maximum Gasteiger partial charge on any atom is 0.236 e. The van der Waals surface area contributed by atoms with E-state index in [0.717, 1.165) is 64.3 Å². The van der Waals surface area contributed by atoms with Crippen molar-refractivity contribution in [3.63, 3.8) is 0 Å². The number of nitrogens with zero attached hydrogens (tertiary/aromatic N) is 2. The number of unbranched alkanes of at least 4 members (excludes halogenated alkanes) is 1. The second-order valence-electron chi connectivity index (χ2n) is 8.41. The molecule has 0 spiro atoms. The van der Waals surface area contributed by atoms with Crippen LogP contribution >= 0.6 is 0 Å². The summed E-state index contributed by atoms with van der Waals surface area (Å²) in [7, 11) is 0. The first-order valence-electron chi connectivity index (χ1n) is 11.7. The number of aryl methyl sites for hydroxylation is 1. The Morgan fingerprint density at radius 2 is 2.10 bits per heavy atom. The lowest BCUT2D eigenvalue weighted by Gasteiger charge is -2.35. The first-order valence-corrected chi connectivity index (χ1v) is 11.7. The lowest BCUT2D eigenvalue weighted by molar-refractivity contribution is -0.129. The minimum atomic E-state index is 0.266. The summed E-state index contributed by atoms with van der Waals surface area (Å²) in [6.45, 7) is 10.6. The van der Waals surface area contributed by atoms with E-state index in [9.17, 15) is 4.79 Å². The van der Waals surface area contributed by atoms with E-state index in [2.05, 4.69) is 40.2 Å². The molecule has 5 heteroatoms. The van der Waals surface area contributed by atoms with Crippen LogP contribution in [0.1, 0.15) is 57.1 Å². The number of amides is 1. The number of hydrogen-bond acceptors (Lipinski definition) is 4. The molecule has 1 fully saturated rings. The van der Waals surface area contributed by atoms with Crippen LogP contribution in [0.15, 0.2) is 18.2 Å². The van der Waals surface area contributed by atoms with Crippen LogP contribution in [0.4, 0.5) is 0 Å². The standard InChI is InChI=1S/C24H39N3O2/c1-3-13-26(14-5-6-15-27-16-7-12-25-19-24(27)28)22-10-8-20-9-11-23(29-4-2)18-21(20)17-22/h9,11,18,22,25H,3-8,10,12-17,19H2,1-2H3. The third-order valence-corrected chi connectivity index (χ3v) is 6.25. The van der Waals surface area contributed by atoms with Gasteiger partial charge in [-0.2, -0.15) is 0 Å². The molecule has 1 aromatic rings. The number of carbonyl (C=O) groups is 1. The fourth-order valence-electron chi connectivity index (χ4n) is 4.73. The van der Waals surface area contributed by atoms with E-state index in [-0.39, 0.29) is 5.91 Å². The molecule has 1 atom stereocenters. The summed E-state index contributed by atoms with van der Waals surface area (Å²) >= 11 is 0. The van der Waals surface area contributed by atoms with Gasteiger partial charge in [-0.1, -0.05) is 13.0 Å². The second-order valence-corrected chi connectivity index (χ2v) is 8.41. The van der Waals surface area contributed by atoms with Crippen molar-refractivity contribution < 1.29 is 9.53 Å². The van der Waals surface area contributed by atoms with Crippen molar-refractivity contribution in [2.24, 2.45) is 0 Å². The van der Waals surface area contributed by atoms with Gasteiger partial charge in [0, 0.05) is 19.1 Å². The Kier molecular flexibility index (Phi) is 8.81. The molecule has 1 heterocycles. The number of carbonyl (C=O) groups excluding carboxylic acids is 1. The molecular formula is C24H39N3O2. The zero-order valence-electron chi connectivity index (χ0n) is 18.4. The average Bonchev–Trinajstić information content (AvgIpc) is 2.94. The Morgan fingerprint density at radius 3 is 2.93 bits per heavy atom. The summed E-state index contributed by atoms with van der Waals surface area (Å²) in [4.78, 5) is 16.9. The number of benzene rings is 1. The largest absolute Gasteiger partial charge is 0.494 e. The lowest BCUT2D eigenvalue weighted by atomic mass is 9.87. The van der Waals surface area contributed by atoms with Crippen molar-refractivity contribution in [1.29, 1.82) is 0 Å². The number of ether oxygens (including phenoxy) is 1. The Bertz CT molecular complexity index is 649. The molecular weight excluding hydrogens is 362 g/mol. The first kappa shape index (κ1) is 22.1. The minimum Gasteiger partial charge on any atom is -0.494 e. The van der Waals surface area contributed by atoms with Gasteiger partial charge in [-0.15, -0.1) is 0 Å². The fourth-order valence-corrected chi connectivity index (χ4v) is 4.73. The summed E-state index contributed by atoms with van der Waals surface area (Å²) in [5, 5.41) is 3.21. The third-order valence-electron chi connectivity index (χ3n) is 6.25. The predicted octanol–water partition coefficient (Wildman–Crippen LogP) is 3.26. The Balaban J connectivity index is 1.50. The van der Waals surface area contributed by atoms with Crippen LogP contribution in [0.2, 0.25) is 0 Å². The summed E-state index contributed by atoms with van der Waals surface area (Å²) in [5.41, 5.74) is 2.96.